The lowest BCUT2D eigenvalue weighted by atomic mass is 10.1. The van der Waals surface area contributed by atoms with Crippen molar-refractivity contribution in [2.45, 2.75) is 38.5 Å². The first kappa shape index (κ1) is 20.8. The van der Waals surface area contributed by atoms with Crippen LogP contribution in [0.5, 0.6) is 0 Å². The maximum atomic E-state index is 12.5. The summed E-state index contributed by atoms with van der Waals surface area (Å²) in [6, 6.07) is 11.1. The summed E-state index contributed by atoms with van der Waals surface area (Å²) in [6.45, 7) is 7.42. The molecule has 2 N–H and O–H groups in total. The largest absolute Gasteiger partial charge is 0.478 e. The molecule has 0 atom stereocenters. The Morgan fingerprint density at radius 1 is 1.04 bits per heavy atom. The zero-order valence-corrected chi connectivity index (χ0v) is 16.7. The number of hydrogen-bond acceptors (Lipinski definition) is 4. The number of benzene rings is 2. The molecule has 27 heavy (non-hydrogen) atoms. The lowest BCUT2D eigenvalue weighted by molar-refractivity contribution is 0.0697. The topological polar surface area (TPSA) is 86.7 Å². The van der Waals surface area contributed by atoms with E-state index in [0.29, 0.717) is 5.69 Å². The van der Waals surface area contributed by atoms with Crippen LogP contribution in [0.25, 0.3) is 0 Å². The van der Waals surface area contributed by atoms with Gasteiger partial charge in [0.2, 0.25) is 0 Å². The lowest BCUT2D eigenvalue weighted by Gasteiger charge is -2.25. The maximum Gasteiger partial charge on any atom is 0.337 e. The van der Waals surface area contributed by atoms with Crippen LogP contribution in [0.1, 0.15) is 42.6 Å². The van der Waals surface area contributed by atoms with Gasteiger partial charge in [-0.05, 0) is 50.1 Å². The summed E-state index contributed by atoms with van der Waals surface area (Å²) >= 11 is 0. The number of anilines is 2. The fourth-order valence-electron chi connectivity index (χ4n) is 2.87. The summed E-state index contributed by atoms with van der Waals surface area (Å²) in [5.41, 5.74) is 1.87. The van der Waals surface area contributed by atoms with Crippen molar-refractivity contribution in [3.63, 3.8) is 0 Å². The van der Waals surface area contributed by atoms with Gasteiger partial charge in [0, 0.05) is 18.8 Å². The average Bonchev–Trinajstić information content (AvgIpc) is 2.61. The van der Waals surface area contributed by atoms with Crippen molar-refractivity contribution >= 4 is 27.4 Å². The summed E-state index contributed by atoms with van der Waals surface area (Å²) in [5, 5.41) is 9.62. The van der Waals surface area contributed by atoms with Gasteiger partial charge >= 0.3 is 5.97 Å². The highest BCUT2D eigenvalue weighted by molar-refractivity contribution is 7.92. The first-order valence-electron chi connectivity index (χ1n) is 9.00. The fraction of sp³-hybridized carbons (Fsp3) is 0.350. The van der Waals surface area contributed by atoms with Crippen LogP contribution in [0.3, 0.4) is 0 Å². The minimum Gasteiger partial charge on any atom is -0.478 e. The Balaban J connectivity index is 2.37. The monoisotopic (exact) mass is 390 g/mol. The van der Waals surface area contributed by atoms with Gasteiger partial charge in [0.15, 0.2) is 0 Å². The van der Waals surface area contributed by atoms with Crippen molar-refractivity contribution in [1.29, 1.82) is 0 Å². The number of sulfonamides is 1. The van der Waals surface area contributed by atoms with E-state index < -0.39 is 16.0 Å². The second-order valence-corrected chi connectivity index (χ2v) is 8.13. The number of rotatable bonds is 9. The molecule has 0 aliphatic heterocycles. The Hall–Kier alpha value is -2.54. The SMILES string of the molecule is CCCN(CCC)c1ccc(NS(=O)(=O)c2ccc(C)cc2)cc1C(=O)O. The van der Waals surface area contributed by atoms with Crippen molar-refractivity contribution < 1.29 is 18.3 Å². The number of aryl methyl sites for hydroxylation is 1. The van der Waals surface area contributed by atoms with Crippen LogP contribution in [0.2, 0.25) is 0 Å². The molecule has 0 fully saturated rings. The standard InChI is InChI=1S/C20H26N2O4S/c1-4-12-22(13-5-2)19-11-8-16(14-18(19)20(23)24)21-27(25,26)17-9-6-15(3)7-10-17/h6-11,14,21H,4-5,12-13H2,1-3H3,(H,23,24). The van der Waals surface area contributed by atoms with E-state index in [4.69, 9.17) is 0 Å². The van der Waals surface area contributed by atoms with Crippen LogP contribution < -0.4 is 9.62 Å². The van der Waals surface area contributed by atoms with Crippen molar-refractivity contribution in [2.24, 2.45) is 0 Å². The van der Waals surface area contributed by atoms with E-state index >= 15 is 0 Å². The fourth-order valence-corrected chi connectivity index (χ4v) is 3.92. The van der Waals surface area contributed by atoms with Gasteiger partial charge in [0.25, 0.3) is 10.0 Å². The number of carboxylic acids is 1. The van der Waals surface area contributed by atoms with Gasteiger partial charge in [-0.25, -0.2) is 13.2 Å². The van der Waals surface area contributed by atoms with Gasteiger partial charge in [0.1, 0.15) is 0 Å². The molecule has 6 nitrogen and oxygen atoms in total. The highest BCUT2D eigenvalue weighted by Gasteiger charge is 2.19. The molecule has 146 valence electrons. The van der Waals surface area contributed by atoms with E-state index in [1.54, 1.807) is 24.3 Å². The van der Waals surface area contributed by atoms with Gasteiger partial charge in [-0.2, -0.15) is 0 Å². The molecule has 0 bridgehead atoms. The molecule has 0 unspecified atom stereocenters. The summed E-state index contributed by atoms with van der Waals surface area (Å²) in [4.78, 5) is 13.9. The van der Waals surface area contributed by atoms with Crippen LogP contribution in [0.15, 0.2) is 47.4 Å². The minimum atomic E-state index is -3.78. The molecule has 0 spiro atoms. The number of nitrogens with one attached hydrogen (secondary N) is 1. The quantitative estimate of drug-likeness (QED) is 0.672. The van der Waals surface area contributed by atoms with Gasteiger partial charge in [-0.15, -0.1) is 0 Å². The van der Waals surface area contributed by atoms with E-state index in [2.05, 4.69) is 4.72 Å². The summed E-state index contributed by atoms with van der Waals surface area (Å²) in [5.74, 6) is -1.08. The van der Waals surface area contributed by atoms with Gasteiger partial charge in [-0.1, -0.05) is 31.5 Å². The normalized spacial score (nSPS) is 11.2. The Kier molecular flexibility index (Phi) is 6.85. The van der Waals surface area contributed by atoms with E-state index in [0.717, 1.165) is 31.5 Å². The second-order valence-electron chi connectivity index (χ2n) is 6.44. The molecule has 0 saturated heterocycles. The third kappa shape index (κ3) is 5.23. The molecule has 0 amide bonds. The maximum absolute atomic E-state index is 12.5. The van der Waals surface area contributed by atoms with Crippen LogP contribution >= 0.6 is 0 Å². The molecule has 0 aromatic heterocycles. The third-order valence-corrected chi connectivity index (χ3v) is 5.54. The van der Waals surface area contributed by atoms with E-state index in [1.807, 2.05) is 25.7 Å². The van der Waals surface area contributed by atoms with Crippen LogP contribution in [0, 0.1) is 6.92 Å². The van der Waals surface area contributed by atoms with Crippen LogP contribution in [-0.2, 0) is 10.0 Å². The molecule has 2 aromatic carbocycles. The van der Waals surface area contributed by atoms with Crippen LogP contribution in [0.4, 0.5) is 11.4 Å². The van der Waals surface area contributed by atoms with Gasteiger partial charge in [-0.3, -0.25) is 4.72 Å². The number of aromatic carboxylic acids is 1. The van der Waals surface area contributed by atoms with Crippen molar-refractivity contribution in [2.75, 3.05) is 22.7 Å². The van der Waals surface area contributed by atoms with E-state index in [1.165, 1.54) is 18.2 Å². The van der Waals surface area contributed by atoms with Gasteiger partial charge < -0.3 is 10.0 Å². The molecule has 7 heteroatoms. The van der Waals surface area contributed by atoms with Crippen molar-refractivity contribution in [1.82, 2.24) is 0 Å². The van der Waals surface area contributed by atoms with E-state index in [-0.39, 0.29) is 16.1 Å². The van der Waals surface area contributed by atoms with E-state index in [9.17, 15) is 18.3 Å². The Bertz CT molecular complexity index is 887. The number of nitrogens with zero attached hydrogens (tertiary/aromatic N) is 1. The minimum absolute atomic E-state index is 0.0843. The molecule has 0 saturated carbocycles. The average molecular weight is 391 g/mol. The second kappa shape index (κ2) is 8.90. The summed E-state index contributed by atoms with van der Waals surface area (Å²) in [7, 11) is -3.78. The Morgan fingerprint density at radius 2 is 1.63 bits per heavy atom. The molecule has 2 rings (SSSR count). The molecular formula is C20H26N2O4S. The molecular weight excluding hydrogens is 364 g/mol. The Labute approximate surface area is 160 Å². The number of hydrogen-bond donors (Lipinski definition) is 2. The molecule has 0 aliphatic rings. The predicted molar refractivity (Wildman–Crippen MR) is 108 cm³/mol. The first-order valence-corrected chi connectivity index (χ1v) is 10.5. The number of carboxylic acid groups (broad SMARTS) is 1. The highest BCUT2D eigenvalue weighted by atomic mass is 32.2. The highest BCUT2D eigenvalue weighted by Crippen LogP contribution is 2.26. The van der Waals surface area contributed by atoms with Crippen molar-refractivity contribution in [3.8, 4) is 0 Å². The Morgan fingerprint density at radius 3 is 2.15 bits per heavy atom. The zero-order chi connectivity index (χ0) is 20.0. The van der Waals surface area contributed by atoms with Crippen molar-refractivity contribution in [3.05, 3.63) is 53.6 Å². The first-order chi connectivity index (χ1) is 12.8. The third-order valence-electron chi connectivity index (χ3n) is 4.14. The zero-order valence-electron chi connectivity index (χ0n) is 15.9. The summed E-state index contributed by atoms with van der Waals surface area (Å²) < 4.78 is 27.6. The molecule has 2 aromatic rings. The summed E-state index contributed by atoms with van der Waals surface area (Å²) in [6.07, 6.45) is 1.78. The van der Waals surface area contributed by atoms with Crippen LogP contribution in [-0.4, -0.2) is 32.6 Å². The molecule has 0 aliphatic carbocycles. The number of carbonyl (C=O) groups is 1. The molecule has 0 heterocycles. The predicted octanol–water partition coefficient (Wildman–Crippen LogP) is 4.12. The molecule has 0 radical (unpaired) electrons. The van der Waals surface area contributed by atoms with Gasteiger partial charge in [0.05, 0.1) is 16.1 Å². The smallest absolute Gasteiger partial charge is 0.337 e. The lowest BCUT2D eigenvalue weighted by Crippen LogP contribution is -2.27.